The van der Waals surface area contributed by atoms with Gasteiger partial charge in [0, 0.05) is 37.0 Å². The van der Waals surface area contributed by atoms with Crippen molar-refractivity contribution in [1.29, 1.82) is 0 Å². The molecule has 3 rings (SSSR count). The molecule has 0 amide bonds. The van der Waals surface area contributed by atoms with Gasteiger partial charge in [-0.2, -0.15) is 5.10 Å². The first-order chi connectivity index (χ1) is 10.3. The highest BCUT2D eigenvalue weighted by molar-refractivity contribution is 5.22. The van der Waals surface area contributed by atoms with Crippen LogP contribution in [0.5, 0.6) is 5.75 Å². The third-order valence-electron chi connectivity index (χ3n) is 3.84. The Bertz CT molecular complexity index is 558. The van der Waals surface area contributed by atoms with E-state index >= 15 is 0 Å². The lowest BCUT2D eigenvalue weighted by Gasteiger charge is -2.32. The van der Waals surface area contributed by atoms with E-state index in [-0.39, 0.29) is 5.82 Å². The molecule has 21 heavy (non-hydrogen) atoms. The van der Waals surface area contributed by atoms with Gasteiger partial charge in [0.15, 0.2) is 0 Å². The fraction of sp³-hybridized carbons (Fsp3) is 0.438. The minimum Gasteiger partial charge on any atom is -0.493 e. The van der Waals surface area contributed by atoms with Crippen LogP contribution in [0.25, 0.3) is 0 Å². The summed E-state index contributed by atoms with van der Waals surface area (Å²) in [5.41, 5.74) is 1.14. The van der Waals surface area contributed by atoms with E-state index < -0.39 is 0 Å². The van der Waals surface area contributed by atoms with Gasteiger partial charge in [-0.25, -0.2) is 4.39 Å². The summed E-state index contributed by atoms with van der Waals surface area (Å²) in [6, 6.07) is 8.35. The maximum atomic E-state index is 13.1. The number of likely N-dealkylation sites (tertiary alicyclic amines) is 1. The average Bonchev–Trinajstić information content (AvgIpc) is 2.99. The number of halogens is 1. The maximum absolute atomic E-state index is 13.1. The zero-order valence-corrected chi connectivity index (χ0v) is 12.0. The molecule has 1 N–H and O–H groups in total. The summed E-state index contributed by atoms with van der Waals surface area (Å²) in [6.07, 6.45) is 4.12. The lowest BCUT2D eigenvalue weighted by atomic mass is 9.99. The second-order valence-corrected chi connectivity index (χ2v) is 5.59. The summed E-state index contributed by atoms with van der Waals surface area (Å²) < 4.78 is 18.8. The van der Waals surface area contributed by atoms with Gasteiger partial charge in [0.1, 0.15) is 11.6 Å². The highest BCUT2D eigenvalue weighted by Crippen LogP contribution is 2.20. The molecule has 0 saturated carbocycles. The molecule has 1 aromatic heterocycles. The lowest BCUT2D eigenvalue weighted by molar-refractivity contribution is 0.124. The van der Waals surface area contributed by atoms with Crippen molar-refractivity contribution < 1.29 is 9.13 Å². The van der Waals surface area contributed by atoms with Crippen LogP contribution in [0.4, 0.5) is 4.39 Å². The predicted molar refractivity (Wildman–Crippen MR) is 78.5 cm³/mol. The van der Waals surface area contributed by atoms with Gasteiger partial charge in [-0.05, 0) is 37.6 Å². The molecule has 0 aliphatic carbocycles. The van der Waals surface area contributed by atoms with Crippen molar-refractivity contribution >= 4 is 0 Å². The largest absolute Gasteiger partial charge is 0.493 e. The smallest absolute Gasteiger partial charge is 0.126 e. The second-order valence-electron chi connectivity index (χ2n) is 5.59. The number of H-pyrrole nitrogens is 1. The Morgan fingerprint density at radius 2 is 2.33 bits per heavy atom. The van der Waals surface area contributed by atoms with Crippen LogP contribution in [0.3, 0.4) is 0 Å². The molecule has 0 radical (unpaired) electrons. The molecule has 5 heteroatoms. The van der Waals surface area contributed by atoms with Gasteiger partial charge in [-0.3, -0.25) is 10.00 Å². The predicted octanol–water partition coefficient (Wildman–Crippen LogP) is 2.84. The fourth-order valence-electron chi connectivity index (χ4n) is 2.82. The van der Waals surface area contributed by atoms with Crippen LogP contribution in [-0.4, -0.2) is 34.8 Å². The molecule has 112 valence electrons. The average molecular weight is 289 g/mol. The van der Waals surface area contributed by atoms with Crippen LogP contribution in [-0.2, 0) is 6.54 Å². The molecule has 2 aromatic rings. The van der Waals surface area contributed by atoms with Gasteiger partial charge in [-0.1, -0.05) is 6.07 Å². The SMILES string of the molecule is Fc1cccc(OC[C@@H]2CCCN(Cc3ccn[nH]3)C2)c1. The summed E-state index contributed by atoms with van der Waals surface area (Å²) in [5, 5.41) is 6.98. The summed E-state index contributed by atoms with van der Waals surface area (Å²) in [5.74, 6) is 0.850. The highest BCUT2D eigenvalue weighted by Gasteiger charge is 2.20. The monoisotopic (exact) mass is 289 g/mol. The Morgan fingerprint density at radius 3 is 3.14 bits per heavy atom. The van der Waals surface area contributed by atoms with Gasteiger partial charge < -0.3 is 4.74 Å². The summed E-state index contributed by atoms with van der Waals surface area (Å²) in [4.78, 5) is 2.41. The zero-order chi connectivity index (χ0) is 14.5. The summed E-state index contributed by atoms with van der Waals surface area (Å²) in [6.45, 7) is 3.66. The minimum absolute atomic E-state index is 0.253. The molecular formula is C16H20FN3O. The van der Waals surface area contributed by atoms with E-state index in [4.69, 9.17) is 4.74 Å². The fourth-order valence-corrected chi connectivity index (χ4v) is 2.82. The van der Waals surface area contributed by atoms with Crippen molar-refractivity contribution in [2.45, 2.75) is 19.4 Å². The molecule has 1 fully saturated rings. The Hall–Kier alpha value is -1.88. The lowest BCUT2D eigenvalue weighted by Crippen LogP contribution is -2.37. The first-order valence-corrected chi connectivity index (χ1v) is 7.38. The van der Waals surface area contributed by atoms with Crippen molar-refractivity contribution in [2.75, 3.05) is 19.7 Å². The molecule has 1 atom stereocenters. The quantitative estimate of drug-likeness (QED) is 0.920. The Morgan fingerprint density at radius 1 is 1.38 bits per heavy atom. The first-order valence-electron chi connectivity index (χ1n) is 7.38. The first kappa shape index (κ1) is 14.1. The summed E-state index contributed by atoms with van der Waals surface area (Å²) >= 11 is 0. The van der Waals surface area contributed by atoms with E-state index in [1.807, 2.05) is 6.07 Å². The number of hydrogen-bond acceptors (Lipinski definition) is 3. The number of benzene rings is 1. The van der Waals surface area contributed by atoms with E-state index in [9.17, 15) is 4.39 Å². The minimum atomic E-state index is -0.253. The Kier molecular flexibility index (Phi) is 4.50. The molecule has 0 unspecified atom stereocenters. The van der Waals surface area contributed by atoms with Gasteiger partial charge in [0.25, 0.3) is 0 Å². The number of piperidine rings is 1. The van der Waals surface area contributed by atoms with Gasteiger partial charge in [0.05, 0.1) is 6.61 Å². The van der Waals surface area contributed by atoms with Crippen molar-refractivity contribution in [2.24, 2.45) is 5.92 Å². The van der Waals surface area contributed by atoms with Crippen molar-refractivity contribution in [1.82, 2.24) is 15.1 Å². The normalized spacial score (nSPS) is 19.6. The number of nitrogens with zero attached hydrogens (tertiary/aromatic N) is 2. The molecule has 0 bridgehead atoms. The van der Waals surface area contributed by atoms with E-state index in [0.29, 0.717) is 18.3 Å². The van der Waals surface area contributed by atoms with Crippen molar-refractivity contribution in [3.05, 3.63) is 48.0 Å². The third kappa shape index (κ3) is 4.04. The molecule has 2 heterocycles. The topological polar surface area (TPSA) is 41.1 Å². The van der Waals surface area contributed by atoms with E-state index in [0.717, 1.165) is 31.7 Å². The Balaban J connectivity index is 1.49. The number of ether oxygens (including phenoxy) is 1. The number of aromatic amines is 1. The van der Waals surface area contributed by atoms with Gasteiger partial charge >= 0.3 is 0 Å². The maximum Gasteiger partial charge on any atom is 0.126 e. The van der Waals surface area contributed by atoms with E-state index in [2.05, 4.69) is 15.1 Å². The Labute approximate surface area is 123 Å². The van der Waals surface area contributed by atoms with Crippen LogP contribution in [0.1, 0.15) is 18.5 Å². The molecule has 1 aliphatic rings. The zero-order valence-electron chi connectivity index (χ0n) is 12.0. The van der Waals surface area contributed by atoms with E-state index in [1.165, 1.54) is 18.6 Å². The van der Waals surface area contributed by atoms with Crippen LogP contribution < -0.4 is 4.74 Å². The molecule has 1 aromatic carbocycles. The van der Waals surface area contributed by atoms with Crippen LogP contribution >= 0.6 is 0 Å². The van der Waals surface area contributed by atoms with Crippen molar-refractivity contribution in [3.63, 3.8) is 0 Å². The molecule has 0 spiro atoms. The number of aromatic nitrogens is 2. The second kappa shape index (κ2) is 6.72. The standard InChI is InChI=1S/C16H20FN3O/c17-14-4-1-5-16(9-14)21-12-13-3-2-8-20(10-13)11-15-6-7-18-19-15/h1,4-7,9,13H,2-3,8,10-12H2,(H,18,19)/t13-/m1/s1. The van der Waals surface area contributed by atoms with Gasteiger partial charge in [0.2, 0.25) is 0 Å². The van der Waals surface area contributed by atoms with Gasteiger partial charge in [-0.15, -0.1) is 0 Å². The number of nitrogens with one attached hydrogen (secondary N) is 1. The van der Waals surface area contributed by atoms with E-state index in [1.54, 1.807) is 18.3 Å². The molecule has 1 aliphatic heterocycles. The van der Waals surface area contributed by atoms with Crippen LogP contribution in [0, 0.1) is 11.7 Å². The summed E-state index contributed by atoms with van der Waals surface area (Å²) in [7, 11) is 0. The number of rotatable bonds is 5. The van der Waals surface area contributed by atoms with Crippen molar-refractivity contribution in [3.8, 4) is 5.75 Å². The molecular weight excluding hydrogens is 269 g/mol. The molecule has 4 nitrogen and oxygen atoms in total. The van der Waals surface area contributed by atoms with Crippen LogP contribution in [0.15, 0.2) is 36.5 Å². The third-order valence-corrected chi connectivity index (χ3v) is 3.84. The highest BCUT2D eigenvalue weighted by atomic mass is 19.1. The number of hydrogen-bond donors (Lipinski definition) is 1. The molecule has 1 saturated heterocycles. The van der Waals surface area contributed by atoms with Crippen LogP contribution in [0.2, 0.25) is 0 Å².